The Morgan fingerprint density at radius 3 is 2.71 bits per heavy atom. The van der Waals surface area contributed by atoms with Crippen LogP contribution in [0.5, 0.6) is 0 Å². The van der Waals surface area contributed by atoms with Crippen LogP contribution >= 0.6 is 0 Å². The highest BCUT2D eigenvalue weighted by molar-refractivity contribution is 5.79. The van der Waals surface area contributed by atoms with E-state index in [1.54, 1.807) is 4.90 Å². The third kappa shape index (κ3) is 4.70. The van der Waals surface area contributed by atoms with Gasteiger partial charge in [0.2, 0.25) is 11.8 Å². The molecule has 4 rings (SSSR count). The molecule has 2 aliphatic rings. The number of benzene rings is 1. The van der Waals surface area contributed by atoms with Crippen LogP contribution in [-0.2, 0) is 29.0 Å². The van der Waals surface area contributed by atoms with Crippen LogP contribution in [0.25, 0.3) is 0 Å². The lowest BCUT2D eigenvalue weighted by molar-refractivity contribution is -0.134. The van der Waals surface area contributed by atoms with Crippen molar-refractivity contribution >= 4 is 11.8 Å². The fourth-order valence-corrected chi connectivity index (χ4v) is 4.59. The number of aromatic nitrogens is 2. The number of piperidine rings is 1. The van der Waals surface area contributed by atoms with E-state index < -0.39 is 0 Å². The van der Waals surface area contributed by atoms with Gasteiger partial charge in [-0.15, -0.1) is 0 Å². The SMILES string of the molecule is CCCC(=O)N1CCc2c(nc([C@H]3CCCCN3C(=O)Cc3ccccc3)[nH]c2=O)C1. The predicted molar refractivity (Wildman–Crippen MR) is 117 cm³/mol. The second-order valence-electron chi connectivity index (χ2n) is 8.45. The number of amides is 2. The maximum atomic E-state index is 13.1. The molecule has 2 aromatic rings. The van der Waals surface area contributed by atoms with Gasteiger partial charge >= 0.3 is 0 Å². The predicted octanol–water partition coefficient (Wildman–Crippen LogP) is 2.75. The fourth-order valence-electron chi connectivity index (χ4n) is 4.59. The Morgan fingerprint density at radius 1 is 1.13 bits per heavy atom. The number of aromatic amines is 1. The van der Waals surface area contributed by atoms with Gasteiger partial charge in [0, 0.05) is 25.1 Å². The zero-order chi connectivity index (χ0) is 21.8. The van der Waals surface area contributed by atoms with E-state index in [1.165, 1.54) is 0 Å². The van der Waals surface area contributed by atoms with Crippen LogP contribution in [-0.4, -0.2) is 44.7 Å². The smallest absolute Gasteiger partial charge is 0.254 e. The standard InChI is InChI=1S/C24H30N4O3/c1-2-8-21(29)27-14-12-18-19(16-27)25-23(26-24(18)31)20-11-6-7-13-28(20)22(30)15-17-9-4-3-5-10-17/h3-5,9-10,20H,2,6-8,11-16H2,1H3,(H,25,26,31)/t20-/m1/s1. The van der Waals surface area contributed by atoms with Crippen molar-refractivity contribution in [2.45, 2.75) is 64.5 Å². The molecule has 1 aromatic carbocycles. The molecule has 1 atom stereocenters. The molecule has 0 saturated carbocycles. The van der Waals surface area contributed by atoms with Gasteiger partial charge in [0.05, 0.1) is 24.7 Å². The first-order valence-corrected chi connectivity index (χ1v) is 11.3. The van der Waals surface area contributed by atoms with Crippen LogP contribution in [0.4, 0.5) is 0 Å². The Bertz CT molecular complexity index is 1000. The monoisotopic (exact) mass is 422 g/mol. The molecule has 2 amide bonds. The molecule has 0 spiro atoms. The van der Waals surface area contributed by atoms with Crippen molar-refractivity contribution in [3.8, 4) is 0 Å². The van der Waals surface area contributed by atoms with Crippen LogP contribution in [0.15, 0.2) is 35.1 Å². The maximum absolute atomic E-state index is 13.1. The Labute approximate surface area is 182 Å². The Morgan fingerprint density at radius 2 is 1.94 bits per heavy atom. The summed E-state index contributed by atoms with van der Waals surface area (Å²) >= 11 is 0. The number of nitrogens with one attached hydrogen (secondary N) is 1. The molecule has 0 radical (unpaired) electrons. The van der Waals surface area contributed by atoms with Crippen molar-refractivity contribution in [3.63, 3.8) is 0 Å². The van der Waals surface area contributed by atoms with E-state index in [9.17, 15) is 14.4 Å². The number of carbonyl (C=O) groups excluding carboxylic acids is 2. The van der Waals surface area contributed by atoms with Crippen molar-refractivity contribution in [1.82, 2.24) is 19.8 Å². The molecule has 1 fully saturated rings. The minimum Gasteiger partial charge on any atom is -0.336 e. The van der Waals surface area contributed by atoms with Gasteiger partial charge < -0.3 is 14.8 Å². The fraction of sp³-hybridized carbons (Fsp3) is 0.500. The summed E-state index contributed by atoms with van der Waals surface area (Å²) in [4.78, 5) is 49.6. The van der Waals surface area contributed by atoms with Crippen LogP contribution in [0.1, 0.15) is 67.7 Å². The van der Waals surface area contributed by atoms with Gasteiger partial charge in [0.15, 0.2) is 0 Å². The highest BCUT2D eigenvalue weighted by Gasteiger charge is 2.31. The minimum atomic E-state index is -0.232. The van der Waals surface area contributed by atoms with Crippen LogP contribution in [0, 0.1) is 0 Å². The van der Waals surface area contributed by atoms with Crippen LogP contribution < -0.4 is 5.56 Å². The molecule has 1 saturated heterocycles. The Kier molecular flexibility index (Phi) is 6.49. The van der Waals surface area contributed by atoms with Crippen molar-refractivity contribution in [2.75, 3.05) is 13.1 Å². The van der Waals surface area contributed by atoms with Crippen LogP contribution in [0.3, 0.4) is 0 Å². The average molecular weight is 423 g/mol. The Hall–Kier alpha value is -2.96. The first kappa shape index (κ1) is 21.3. The molecule has 1 N–H and O–H groups in total. The number of carbonyl (C=O) groups is 2. The number of fused-ring (bicyclic) bond motifs is 1. The maximum Gasteiger partial charge on any atom is 0.254 e. The summed E-state index contributed by atoms with van der Waals surface area (Å²) in [5.41, 5.74) is 2.19. The number of hydrogen-bond donors (Lipinski definition) is 1. The second kappa shape index (κ2) is 9.45. The van der Waals surface area contributed by atoms with E-state index in [1.807, 2.05) is 42.2 Å². The Balaban J connectivity index is 1.58. The van der Waals surface area contributed by atoms with Gasteiger partial charge in [-0.05, 0) is 37.7 Å². The van der Waals surface area contributed by atoms with Crippen molar-refractivity contribution in [1.29, 1.82) is 0 Å². The lowest BCUT2D eigenvalue weighted by atomic mass is 9.99. The first-order valence-electron chi connectivity index (χ1n) is 11.3. The number of likely N-dealkylation sites (tertiary alicyclic amines) is 1. The molecule has 0 aliphatic carbocycles. The summed E-state index contributed by atoms with van der Waals surface area (Å²) in [6, 6.07) is 9.49. The molecule has 0 bridgehead atoms. The van der Waals surface area contributed by atoms with Crippen molar-refractivity contribution < 1.29 is 9.59 Å². The largest absolute Gasteiger partial charge is 0.336 e. The topological polar surface area (TPSA) is 86.4 Å². The summed E-state index contributed by atoms with van der Waals surface area (Å²) in [7, 11) is 0. The summed E-state index contributed by atoms with van der Waals surface area (Å²) in [6.07, 6.45) is 4.89. The van der Waals surface area contributed by atoms with Gasteiger partial charge in [-0.25, -0.2) is 4.98 Å². The van der Waals surface area contributed by atoms with Crippen molar-refractivity contribution in [2.24, 2.45) is 0 Å². The van der Waals surface area contributed by atoms with E-state index >= 15 is 0 Å². The quantitative estimate of drug-likeness (QED) is 0.803. The molecule has 7 heteroatoms. The van der Waals surface area contributed by atoms with Crippen LogP contribution in [0.2, 0.25) is 0 Å². The first-order chi connectivity index (χ1) is 15.1. The molecule has 0 unspecified atom stereocenters. The van der Waals surface area contributed by atoms with E-state index in [2.05, 4.69) is 4.98 Å². The summed E-state index contributed by atoms with van der Waals surface area (Å²) in [6.45, 7) is 3.58. The normalized spacial score (nSPS) is 18.5. The summed E-state index contributed by atoms with van der Waals surface area (Å²) in [5.74, 6) is 0.708. The molecule has 31 heavy (non-hydrogen) atoms. The van der Waals surface area contributed by atoms with Crippen molar-refractivity contribution in [3.05, 3.63) is 63.3 Å². The third-order valence-corrected chi connectivity index (χ3v) is 6.25. The molecule has 164 valence electrons. The molecule has 3 heterocycles. The summed E-state index contributed by atoms with van der Waals surface area (Å²) in [5, 5.41) is 0. The molecule has 2 aliphatic heterocycles. The molecule has 7 nitrogen and oxygen atoms in total. The van der Waals surface area contributed by atoms with Gasteiger partial charge in [-0.3, -0.25) is 14.4 Å². The minimum absolute atomic E-state index is 0.0519. The lowest BCUT2D eigenvalue weighted by Crippen LogP contribution is -2.43. The number of nitrogens with zero attached hydrogens (tertiary/aromatic N) is 3. The van der Waals surface area contributed by atoms with E-state index in [0.717, 1.165) is 31.2 Å². The summed E-state index contributed by atoms with van der Waals surface area (Å²) < 4.78 is 0. The number of H-pyrrole nitrogens is 1. The van der Waals surface area contributed by atoms with Gasteiger partial charge in [-0.1, -0.05) is 37.3 Å². The average Bonchev–Trinajstić information content (AvgIpc) is 2.79. The van der Waals surface area contributed by atoms with Gasteiger partial charge in [-0.2, -0.15) is 0 Å². The zero-order valence-corrected chi connectivity index (χ0v) is 18.1. The third-order valence-electron chi connectivity index (χ3n) is 6.25. The molecule has 1 aromatic heterocycles. The van der Waals surface area contributed by atoms with E-state index in [4.69, 9.17) is 4.98 Å². The highest BCUT2D eigenvalue weighted by Crippen LogP contribution is 2.30. The molecular formula is C24H30N4O3. The van der Waals surface area contributed by atoms with Gasteiger partial charge in [0.1, 0.15) is 5.82 Å². The van der Waals surface area contributed by atoms with Gasteiger partial charge in [0.25, 0.3) is 5.56 Å². The van der Waals surface area contributed by atoms with E-state index in [0.29, 0.717) is 56.0 Å². The number of rotatable bonds is 5. The van der Waals surface area contributed by atoms with E-state index in [-0.39, 0.29) is 23.4 Å². The molecular weight excluding hydrogens is 392 g/mol. The highest BCUT2D eigenvalue weighted by atomic mass is 16.2. The zero-order valence-electron chi connectivity index (χ0n) is 18.1. The number of hydrogen-bond acceptors (Lipinski definition) is 4. The lowest BCUT2D eigenvalue weighted by Gasteiger charge is -2.36. The second-order valence-corrected chi connectivity index (χ2v) is 8.45.